The Balaban J connectivity index is 2.75. The van der Waals surface area contributed by atoms with Crippen LogP contribution in [0.3, 0.4) is 0 Å². The number of amides is 1. The van der Waals surface area contributed by atoms with Crippen LogP contribution in [-0.2, 0) is 0 Å². The maximum atomic E-state index is 12.3. The molecule has 0 aliphatic rings. The fourth-order valence-corrected chi connectivity index (χ4v) is 1.84. The highest BCUT2D eigenvalue weighted by molar-refractivity contribution is 5.94. The molecular formula is C15H24N2O. The Morgan fingerprint density at radius 2 is 1.72 bits per heavy atom. The summed E-state index contributed by atoms with van der Waals surface area (Å²) >= 11 is 0. The average molecular weight is 248 g/mol. The number of nitrogens with zero attached hydrogens (tertiary/aromatic N) is 2. The summed E-state index contributed by atoms with van der Waals surface area (Å²) in [7, 11) is 3.99. The molecule has 0 saturated carbocycles. The summed E-state index contributed by atoms with van der Waals surface area (Å²) in [6, 6.07) is 7.79. The molecule has 0 spiro atoms. The third-order valence-corrected chi connectivity index (χ3v) is 3.08. The Morgan fingerprint density at radius 1 is 1.11 bits per heavy atom. The number of hydrogen-bond acceptors (Lipinski definition) is 2. The Morgan fingerprint density at radius 3 is 2.17 bits per heavy atom. The van der Waals surface area contributed by atoms with Gasteiger partial charge < -0.3 is 9.80 Å². The van der Waals surface area contributed by atoms with Crippen LogP contribution >= 0.6 is 0 Å². The lowest BCUT2D eigenvalue weighted by Crippen LogP contribution is -2.31. The van der Waals surface area contributed by atoms with Gasteiger partial charge in [0.2, 0.25) is 0 Å². The van der Waals surface area contributed by atoms with E-state index in [9.17, 15) is 4.79 Å². The van der Waals surface area contributed by atoms with Crippen LogP contribution < -0.4 is 4.90 Å². The van der Waals surface area contributed by atoms with E-state index < -0.39 is 0 Å². The van der Waals surface area contributed by atoms with E-state index in [1.807, 2.05) is 55.1 Å². The molecule has 0 aliphatic heterocycles. The van der Waals surface area contributed by atoms with Gasteiger partial charge in [0.25, 0.3) is 5.91 Å². The summed E-state index contributed by atoms with van der Waals surface area (Å²) < 4.78 is 0. The van der Waals surface area contributed by atoms with Crippen molar-refractivity contribution in [3.05, 3.63) is 29.8 Å². The minimum atomic E-state index is 0.135. The number of benzene rings is 1. The lowest BCUT2D eigenvalue weighted by atomic mass is 10.1. The van der Waals surface area contributed by atoms with Crippen LogP contribution in [0.1, 0.15) is 37.0 Å². The van der Waals surface area contributed by atoms with Gasteiger partial charge in [-0.2, -0.15) is 0 Å². The van der Waals surface area contributed by atoms with Crippen molar-refractivity contribution in [1.82, 2.24) is 4.90 Å². The number of carbonyl (C=O) groups is 1. The van der Waals surface area contributed by atoms with Crippen molar-refractivity contribution in [3.8, 4) is 0 Å². The zero-order valence-corrected chi connectivity index (χ0v) is 11.9. The van der Waals surface area contributed by atoms with Crippen LogP contribution in [0, 0.1) is 0 Å². The predicted octanol–water partition coefficient (Wildman–Crippen LogP) is 3.01. The zero-order chi connectivity index (χ0) is 13.5. The summed E-state index contributed by atoms with van der Waals surface area (Å²) in [6.45, 7) is 5.79. The van der Waals surface area contributed by atoms with Crippen molar-refractivity contribution in [2.24, 2.45) is 0 Å². The third-order valence-electron chi connectivity index (χ3n) is 3.08. The van der Waals surface area contributed by atoms with E-state index in [1.54, 1.807) is 0 Å². The van der Waals surface area contributed by atoms with Gasteiger partial charge in [0.05, 0.1) is 0 Å². The van der Waals surface area contributed by atoms with E-state index in [1.165, 1.54) is 0 Å². The molecule has 1 rings (SSSR count). The molecule has 0 aromatic heterocycles. The molecule has 0 heterocycles. The Bertz CT molecular complexity index is 371. The second kappa shape index (κ2) is 7.04. The molecule has 100 valence electrons. The molecular weight excluding hydrogens is 224 g/mol. The fraction of sp³-hybridized carbons (Fsp3) is 0.533. The van der Waals surface area contributed by atoms with Gasteiger partial charge in [0, 0.05) is 38.4 Å². The average Bonchev–Trinajstić information content (AvgIpc) is 2.39. The highest BCUT2D eigenvalue weighted by Crippen LogP contribution is 2.14. The molecule has 0 fully saturated rings. The molecule has 1 aromatic carbocycles. The number of rotatable bonds is 6. The van der Waals surface area contributed by atoms with Gasteiger partial charge in [-0.15, -0.1) is 0 Å². The van der Waals surface area contributed by atoms with Crippen molar-refractivity contribution < 1.29 is 4.79 Å². The van der Waals surface area contributed by atoms with E-state index in [-0.39, 0.29) is 5.91 Å². The van der Waals surface area contributed by atoms with Gasteiger partial charge >= 0.3 is 0 Å². The molecule has 0 atom stereocenters. The Labute approximate surface area is 110 Å². The number of carbonyl (C=O) groups excluding carboxylic acids is 1. The summed E-state index contributed by atoms with van der Waals surface area (Å²) in [5.74, 6) is 0.135. The zero-order valence-electron chi connectivity index (χ0n) is 11.9. The minimum absolute atomic E-state index is 0.135. The molecule has 1 aromatic rings. The Hall–Kier alpha value is -1.51. The van der Waals surface area contributed by atoms with Crippen molar-refractivity contribution in [2.45, 2.75) is 26.7 Å². The second-order valence-corrected chi connectivity index (χ2v) is 4.68. The molecule has 0 unspecified atom stereocenters. The summed E-state index contributed by atoms with van der Waals surface area (Å²) in [4.78, 5) is 16.2. The second-order valence-electron chi connectivity index (χ2n) is 4.68. The molecule has 3 nitrogen and oxygen atoms in total. The van der Waals surface area contributed by atoms with Crippen LogP contribution in [0.2, 0.25) is 0 Å². The normalized spacial score (nSPS) is 10.2. The molecule has 0 radical (unpaired) electrons. The lowest BCUT2D eigenvalue weighted by Gasteiger charge is -2.21. The first-order chi connectivity index (χ1) is 8.60. The van der Waals surface area contributed by atoms with Crippen LogP contribution in [0.15, 0.2) is 24.3 Å². The van der Waals surface area contributed by atoms with Crippen LogP contribution in [-0.4, -0.2) is 38.0 Å². The molecule has 1 amide bonds. The smallest absolute Gasteiger partial charge is 0.253 e. The first-order valence-electron chi connectivity index (χ1n) is 6.66. The number of anilines is 1. The van der Waals surface area contributed by atoms with Gasteiger partial charge in [-0.25, -0.2) is 0 Å². The standard InChI is InChI=1S/C15H24N2O/c1-5-7-12-17(6-2)15(18)13-8-10-14(11-9-13)16(3)4/h8-11H,5-7,12H2,1-4H3. The number of unbranched alkanes of at least 4 members (excludes halogenated alkanes) is 1. The van der Waals surface area contributed by atoms with E-state index in [2.05, 4.69) is 6.92 Å². The quantitative estimate of drug-likeness (QED) is 0.772. The highest BCUT2D eigenvalue weighted by Gasteiger charge is 2.13. The van der Waals surface area contributed by atoms with Crippen LogP contribution in [0.4, 0.5) is 5.69 Å². The maximum absolute atomic E-state index is 12.3. The molecule has 0 bridgehead atoms. The highest BCUT2D eigenvalue weighted by atomic mass is 16.2. The Kier molecular flexibility index (Phi) is 5.69. The van der Waals surface area contributed by atoms with Gasteiger partial charge in [-0.05, 0) is 37.6 Å². The predicted molar refractivity (Wildman–Crippen MR) is 77.3 cm³/mol. The van der Waals surface area contributed by atoms with Gasteiger partial charge in [0.1, 0.15) is 0 Å². The SMILES string of the molecule is CCCCN(CC)C(=O)c1ccc(N(C)C)cc1. The van der Waals surface area contributed by atoms with Crippen molar-refractivity contribution in [3.63, 3.8) is 0 Å². The summed E-state index contributed by atoms with van der Waals surface area (Å²) in [6.07, 6.45) is 2.18. The summed E-state index contributed by atoms with van der Waals surface area (Å²) in [5.41, 5.74) is 1.89. The van der Waals surface area contributed by atoms with Crippen LogP contribution in [0.5, 0.6) is 0 Å². The monoisotopic (exact) mass is 248 g/mol. The molecule has 0 N–H and O–H groups in total. The number of hydrogen-bond donors (Lipinski definition) is 0. The lowest BCUT2D eigenvalue weighted by molar-refractivity contribution is 0.0762. The van der Waals surface area contributed by atoms with Crippen molar-refractivity contribution in [1.29, 1.82) is 0 Å². The molecule has 0 saturated heterocycles. The molecule has 3 heteroatoms. The van der Waals surface area contributed by atoms with Crippen molar-refractivity contribution >= 4 is 11.6 Å². The van der Waals surface area contributed by atoms with Gasteiger partial charge in [0.15, 0.2) is 0 Å². The van der Waals surface area contributed by atoms with E-state index in [0.29, 0.717) is 0 Å². The first kappa shape index (κ1) is 14.6. The molecule has 18 heavy (non-hydrogen) atoms. The maximum Gasteiger partial charge on any atom is 0.253 e. The van der Waals surface area contributed by atoms with Crippen LogP contribution in [0.25, 0.3) is 0 Å². The minimum Gasteiger partial charge on any atom is -0.378 e. The van der Waals surface area contributed by atoms with Gasteiger partial charge in [-0.3, -0.25) is 4.79 Å². The fourth-order valence-electron chi connectivity index (χ4n) is 1.84. The van der Waals surface area contributed by atoms with E-state index in [0.717, 1.165) is 37.2 Å². The van der Waals surface area contributed by atoms with Crippen molar-refractivity contribution in [2.75, 3.05) is 32.1 Å². The van der Waals surface area contributed by atoms with E-state index >= 15 is 0 Å². The summed E-state index contributed by atoms with van der Waals surface area (Å²) in [5, 5.41) is 0. The van der Waals surface area contributed by atoms with Gasteiger partial charge in [-0.1, -0.05) is 13.3 Å². The topological polar surface area (TPSA) is 23.6 Å². The molecule has 0 aliphatic carbocycles. The van der Waals surface area contributed by atoms with E-state index in [4.69, 9.17) is 0 Å². The third kappa shape index (κ3) is 3.76. The largest absolute Gasteiger partial charge is 0.378 e. The first-order valence-corrected chi connectivity index (χ1v) is 6.66.